The van der Waals surface area contributed by atoms with E-state index in [0.717, 1.165) is 0 Å². The smallest absolute Gasteiger partial charge is 0.255 e. The molecule has 0 bridgehead atoms. The number of rotatable bonds is 7. The molecular weight excluding hydrogens is 320 g/mol. The van der Waals surface area contributed by atoms with Gasteiger partial charge in [-0.1, -0.05) is 6.08 Å². The first-order valence-corrected chi connectivity index (χ1v) is 7.61. The molecule has 6 nitrogen and oxygen atoms in total. The normalized spacial score (nSPS) is 9.84. The second kappa shape index (κ2) is 8.54. The van der Waals surface area contributed by atoms with Crippen molar-refractivity contribution in [3.63, 3.8) is 0 Å². The fraction of sp³-hybridized carbons (Fsp3) is 0.158. The van der Waals surface area contributed by atoms with Crippen molar-refractivity contribution in [1.29, 1.82) is 0 Å². The fourth-order valence-corrected chi connectivity index (χ4v) is 2.14. The van der Waals surface area contributed by atoms with Gasteiger partial charge < -0.3 is 20.1 Å². The van der Waals surface area contributed by atoms with Gasteiger partial charge in [0.15, 0.2) is 0 Å². The van der Waals surface area contributed by atoms with Crippen molar-refractivity contribution in [2.45, 2.75) is 0 Å². The Morgan fingerprint density at radius 1 is 1.00 bits per heavy atom. The molecule has 2 aromatic rings. The number of methoxy groups -OCH3 is 2. The largest absolute Gasteiger partial charge is 0.497 e. The number of carbonyl (C=O) groups is 2. The van der Waals surface area contributed by atoms with Crippen LogP contribution in [0.5, 0.6) is 11.5 Å². The molecule has 0 saturated heterocycles. The van der Waals surface area contributed by atoms with E-state index in [1.165, 1.54) is 7.11 Å². The van der Waals surface area contributed by atoms with Gasteiger partial charge in [-0.05, 0) is 36.4 Å². The number of hydrogen-bond acceptors (Lipinski definition) is 4. The Bertz CT molecular complexity index is 769. The van der Waals surface area contributed by atoms with Gasteiger partial charge in [0, 0.05) is 23.7 Å². The molecule has 0 aliphatic heterocycles. The van der Waals surface area contributed by atoms with Crippen molar-refractivity contribution in [3.05, 3.63) is 66.2 Å². The Hall–Kier alpha value is -3.28. The van der Waals surface area contributed by atoms with Gasteiger partial charge >= 0.3 is 0 Å². The summed E-state index contributed by atoms with van der Waals surface area (Å²) in [7, 11) is 3.07. The summed E-state index contributed by atoms with van der Waals surface area (Å²) >= 11 is 0. The maximum absolute atomic E-state index is 12.4. The highest BCUT2D eigenvalue weighted by Crippen LogP contribution is 2.29. The molecule has 0 spiro atoms. The molecule has 2 amide bonds. The van der Waals surface area contributed by atoms with E-state index < -0.39 is 0 Å². The molecule has 2 rings (SSSR count). The Kier molecular flexibility index (Phi) is 6.17. The maximum atomic E-state index is 12.4. The van der Waals surface area contributed by atoms with Crippen LogP contribution in [0.15, 0.2) is 55.1 Å². The summed E-state index contributed by atoms with van der Waals surface area (Å²) in [6.45, 7) is 3.93. The number of benzene rings is 2. The van der Waals surface area contributed by atoms with Crippen LogP contribution in [-0.2, 0) is 0 Å². The zero-order valence-corrected chi connectivity index (χ0v) is 14.2. The lowest BCUT2D eigenvalue weighted by Crippen LogP contribution is -2.23. The molecule has 25 heavy (non-hydrogen) atoms. The van der Waals surface area contributed by atoms with Crippen LogP contribution < -0.4 is 20.1 Å². The van der Waals surface area contributed by atoms with Gasteiger partial charge in [0.05, 0.1) is 19.9 Å². The maximum Gasteiger partial charge on any atom is 0.255 e. The standard InChI is InChI=1S/C19H20N2O4/c1-4-11-20-18(22)13-5-7-14(8-6-13)19(23)21-16-10-9-15(24-2)12-17(16)25-3/h4-10,12H,1,11H2,2-3H3,(H,20,22)(H,21,23). The van der Waals surface area contributed by atoms with Crippen LogP contribution in [0.4, 0.5) is 5.69 Å². The number of hydrogen-bond donors (Lipinski definition) is 2. The van der Waals surface area contributed by atoms with E-state index in [4.69, 9.17) is 9.47 Å². The summed E-state index contributed by atoms with van der Waals surface area (Å²) in [6.07, 6.45) is 1.60. The van der Waals surface area contributed by atoms with Crippen LogP contribution in [0.3, 0.4) is 0 Å². The van der Waals surface area contributed by atoms with Crippen LogP contribution in [-0.4, -0.2) is 32.6 Å². The molecule has 130 valence electrons. The highest BCUT2D eigenvalue weighted by molar-refractivity contribution is 6.05. The highest BCUT2D eigenvalue weighted by atomic mass is 16.5. The van der Waals surface area contributed by atoms with Crippen molar-refractivity contribution < 1.29 is 19.1 Å². The van der Waals surface area contributed by atoms with E-state index in [2.05, 4.69) is 17.2 Å². The monoisotopic (exact) mass is 340 g/mol. The summed E-state index contributed by atoms with van der Waals surface area (Å²) in [6, 6.07) is 11.5. The Balaban J connectivity index is 2.11. The van der Waals surface area contributed by atoms with Crippen molar-refractivity contribution in [1.82, 2.24) is 5.32 Å². The van der Waals surface area contributed by atoms with Crippen molar-refractivity contribution in [2.24, 2.45) is 0 Å². The Labute approximate surface area is 146 Å². The second-order valence-corrected chi connectivity index (χ2v) is 5.10. The van der Waals surface area contributed by atoms with Crippen LogP contribution >= 0.6 is 0 Å². The topological polar surface area (TPSA) is 76.7 Å². The first-order chi connectivity index (χ1) is 12.1. The summed E-state index contributed by atoms with van der Waals surface area (Å²) in [5, 5.41) is 5.46. The Morgan fingerprint density at radius 2 is 1.64 bits per heavy atom. The molecule has 0 aliphatic carbocycles. The molecular formula is C19H20N2O4. The van der Waals surface area contributed by atoms with Crippen LogP contribution in [0, 0.1) is 0 Å². The summed E-state index contributed by atoms with van der Waals surface area (Å²) in [5.74, 6) is 0.600. The van der Waals surface area contributed by atoms with E-state index in [0.29, 0.717) is 34.9 Å². The van der Waals surface area contributed by atoms with Gasteiger partial charge in [0.25, 0.3) is 11.8 Å². The molecule has 0 unspecified atom stereocenters. The van der Waals surface area contributed by atoms with Gasteiger partial charge in [-0.3, -0.25) is 9.59 Å². The molecule has 2 N–H and O–H groups in total. The minimum atomic E-state index is -0.304. The van der Waals surface area contributed by atoms with E-state index in [1.54, 1.807) is 55.7 Å². The number of ether oxygens (including phenoxy) is 2. The molecule has 0 aromatic heterocycles. The third-order valence-electron chi connectivity index (χ3n) is 3.47. The number of amides is 2. The molecule has 0 atom stereocenters. The first-order valence-electron chi connectivity index (χ1n) is 7.61. The SMILES string of the molecule is C=CCNC(=O)c1ccc(C(=O)Nc2ccc(OC)cc2OC)cc1. The van der Waals surface area contributed by atoms with Crippen LogP contribution in [0.25, 0.3) is 0 Å². The van der Waals surface area contributed by atoms with Crippen LogP contribution in [0.1, 0.15) is 20.7 Å². The van der Waals surface area contributed by atoms with Gasteiger partial charge in [-0.2, -0.15) is 0 Å². The van der Waals surface area contributed by atoms with E-state index >= 15 is 0 Å². The summed E-state index contributed by atoms with van der Waals surface area (Å²) in [5.41, 5.74) is 1.43. The highest BCUT2D eigenvalue weighted by Gasteiger charge is 2.12. The second-order valence-electron chi connectivity index (χ2n) is 5.10. The molecule has 0 aliphatic rings. The lowest BCUT2D eigenvalue weighted by atomic mass is 10.1. The average molecular weight is 340 g/mol. The van der Waals surface area contributed by atoms with E-state index in [-0.39, 0.29) is 11.8 Å². The van der Waals surface area contributed by atoms with Crippen molar-refractivity contribution in [3.8, 4) is 11.5 Å². The van der Waals surface area contributed by atoms with Gasteiger partial charge in [0.2, 0.25) is 0 Å². The third kappa shape index (κ3) is 4.60. The first kappa shape index (κ1) is 18.1. The van der Waals surface area contributed by atoms with Gasteiger partial charge in [-0.15, -0.1) is 6.58 Å². The summed E-state index contributed by atoms with van der Waals surface area (Å²) < 4.78 is 10.4. The Morgan fingerprint density at radius 3 is 2.20 bits per heavy atom. The summed E-state index contributed by atoms with van der Waals surface area (Å²) in [4.78, 5) is 24.2. The number of anilines is 1. The molecule has 0 radical (unpaired) electrons. The van der Waals surface area contributed by atoms with Crippen molar-refractivity contribution >= 4 is 17.5 Å². The fourth-order valence-electron chi connectivity index (χ4n) is 2.14. The minimum Gasteiger partial charge on any atom is -0.497 e. The zero-order valence-electron chi connectivity index (χ0n) is 14.2. The van der Waals surface area contributed by atoms with E-state index in [1.807, 2.05) is 0 Å². The molecule has 0 saturated carbocycles. The minimum absolute atomic E-state index is 0.219. The average Bonchev–Trinajstić information content (AvgIpc) is 2.66. The van der Waals surface area contributed by atoms with Gasteiger partial charge in [-0.25, -0.2) is 0 Å². The molecule has 0 heterocycles. The lowest BCUT2D eigenvalue weighted by Gasteiger charge is -2.12. The van der Waals surface area contributed by atoms with Gasteiger partial charge in [0.1, 0.15) is 11.5 Å². The zero-order chi connectivity index (χ0) is 18.2. The van der Waals surface area contributed by atoms with Crippen molar-refractivity contribution in [2.75, 3.05) is 26.1 Å². The number of nitrogens with one attached hydrogen (secondary N) is 2. The van der Waals surface area contributed by atoms with Crippen LogP contribution in [0.2, 0.25) is 0 Å². The quantitative estimate of drug-likeness (QED) is 0.760. The predicted octanol–water partition coefficient (Wildman–Crippen LogP) is 2.87. The van der Waals surface area contributed by atoms with E-state index in [9.17, 15) is 9.59 Å². The lowest BCUT2D eigenvalue weighted by molar-refractivity contribution is 0.0956. The third-order valence-corrected chi connectivity index (χ3v) is 3.47. The molecule has 6 heteroatoms. The number of carbonyl (C=O) groups excluding carboxylic acids is 2. The predicted molar refractivity (Wildman–Crippen MR) is 96.5 cm³/mol. The molecule has 0 fully saturated rings. The molecule has 2 aromatic carbocycles.